The molecule has 0 unspecified atom stereocenters. The van der Waals surface area contributed by atoms with E-state index in [0.29, 0.717) is 10.8 Å². The highest BCUT2D eigenvalue weighted by Gasteiger charge is 2.33. The van der Waals surface area contributed by atoms with Crippen LogP contribution in [-0.4, -0.2) is 5.38 Å². The molecule has 90 valence electrons. The summed E-state index contributed by atoms with van der Waals surface area (Å²) >= 11 is 6.21. The fraction of sp³-hybridized carbons (Fsp3) is 1.00. The van der Waals surface area contributed by atoms with E-state index in [1.807, 2.05) is 0 Å². The molecule has 1 rings (SSSR count). The van der Waals surface area contributed by atoms with Crippen molar-refractivity contribution in [1.29, 1.82) is 0 Å². The minimum atomic E-state index is 0.473. The number of hydrogen-bond donors (Lipinski definition) is 0. The predicted octanol–water partition coefficient (Wildman–Crippen LogP) is 5.53. The van der Waals surface area contributed by atoms with E-state index in [0.717, 1.165) is 0 Å². The van der Waals surface area contributed by atoms with E-state index in [2.05, 4.69) is 13.8 Å². The smallest absolute Gasteiger partial charge is 0.0336 e. The first-order chi connectivity index (χ1) is 7.22. The lowest BCUT2D eigenvalue weighted by molar-refractivity contribution is 0.150. The lowest BCUT2D eigenvalue weighted by Gasteiger charge is -2.39. The van der Waals surface area contributed by atoms with Crippen molar-refractivity contribution < 1.29 is 0 Å². The van der Waals surface area contributed by atoms with Gasteiger partial charge in [0.25, 0.3) is 0 Å². The molecule has 1 aliphatic carbocycles. The fourth-order valence-corrected chi connectivity index (χ4v) is 3.14. The van der Waals surface area contributed by atoms with Gasteiger partial charge in [0.15, 0.2) is 0 Å². The Bertz CT molecular complexity index is 139. The van der Waals surface area contributed by atoms with Gasteiger partial charge < -0.3 is 0 Å². The van der Waals surface area contributed by atoms with Gasteiger partial charge in [0.05, 0.1) is 0 Å². The van der Waals surface area contributed by atoms with E-state index in [1.165, 1.54) is 64.2 Å². The third-order valence-electron chi connectivity index (χ3n) is 4.10. The van der Waals surface area contributed by atoms with Crippen LogP contribution in [0.5, 0.6) is 0 Å². The van der Waals surface area contributed by atoms with E-state index in [-0.39, 0.29) is 0 Å². The Morgan fingerprint density at radius 1 is 1.00 bits per heavy atom. The lowest BCUT2D eigenvalue weighted by Crippen LogP contribution is -2.28. The van der Waals surface area contributed by atoms with Gasteiger partial charge in [0, 0.05) is 5.38 Å². The van der Waals surface area contributed by atoms with Crippen molar-refractivity contribution in [1.82, 2.24) is 0 Å². The molecule has 0 bridgehead atoms. The number of alkyl halides is 1. The average molecular weight is 231 g/mol. The highest BCUT2D eigenvalue weighted by Crippen LogP contribution is 2.45. The summed E-state index contributed by atoms with van der Waals surface area (Å²) < 4.78 is 0. The molecule has 1 heteroatoms. The van der Waals surface area contributed by atoms with Gasteiger partial charge in [-0.2, -0.15) is 0 Å². The van der Waals surface area contributed by atoms with Gasteiger partial charge in [-0.3, -0.25) is 0 Å². The van der Waals surface area contributed by atoms with Gasteiger partial charge in [-0.15, -0.1) is 11.6 Å². The van der Waals surface area contributed by atoms with E-state index < -0.39 is 0 Å². The highest BCUT2D eigenvalue weighted by molar-refractivity contribution is 6.20. The summed E-state index contributed by atoms with van der Waals surface area (Å²) in [6, 6.07) is 0. The van der Waals surface area contributed by atoms with Crippen molar-refractivity contribution in [2.24, 2.45) is 5.41 Å². The van der Waals surface area contributed by atoms with Crippen LogP contribution < -0.4 is 0 Å². The Hall–Kier alpha value is 0.290. The van der Waals surface area contributed by atoms with Crippen LogP contribution in [0.15, 0.2) is 0 Å². The van der Waals surface area contributed by atoms with Crippen molar-refractivity contribution in [3.63, 3.8) is 0 Å². The van der Waals surface area contributed by atoms with Gasteiger partial charge in [0.1, 0.15) is 0 Å². The van der Waals surface area contributed by atoms with Crippen LogP contribution >= 0.6 is 11.6 Å². The average Bonchev–Trinajstić information content (AvgIpc) is 2.27. The Morgan fingerprint density at radius 2 is 1.47 bits per heavy atom. The Morgan fingerprint density at radius 3 is 1.87 bits per heavy atom. The monoisotopic (exact) mass is 230 g/mol. The summed E-state index contributed by atoms with van der Waals surface area (Å²) in [5, 5.41) is 0.473. The number of unbranched alkanes of at least 4 members (excludes halogenated alkanes) is 2. The summed E-state index contributed by atoms with van der Waals surface area (Å²) in [4.78, 5) is 0. The van der Waals surface area contributed by atoms with E-state index in [4.69, 9.17) is 11.6 Å². The van der Waals surface area contributed by atoms with Crippen molar-refractivity contribution in [2.45, 2.75) is 83.4 Å². The first-order valence-corrected chi connectivity index (χ1v) is 7.30. The molecule has 0 nitrogen and oxygen atoms in total. The molecule has 0 heterocycles. The van der Waals surface area contributed by atoms with E-state index in [9.17, 15) is 0 Å². The second-order valence-corrected chi connectivity index (χ2v) is 6.00. The number of rotatable bonds is 6. The lowest BCUT2D eigenvalue weighted by atomic mass is 9.68. The minimum absolute atomic E-state index is 0.473. The van der Waals surface area contributed by atoms with Crippen LogP contribution in [-0.2, 0) is 0 Å². The van der Waals surface area contributed by atoms with Crippen LogP contribution in [0.4, 0.5) is 0 Å². The van der Waals surface area contributed by atoms with Crippen molar-refractivity contribution in [2.75, 3.05) is 0 Å². The third kappa shape index (κ3) is 4.34. The van der Waals surface area contributed by atoms with Crippen LogP contribution in [0.25, 0.3) is 0 Å². The van der Waals surface area contributed by atoms with Gasteiger partial charge >= 0.3 is 0 Å². The molecule has 1 aliphatic rings. The van der Waals surface area contributed by atoms with E-state index in [1.54, 1.807) is 0 Å². The molecule has 0 N–H and O–H groups in total. The zero-order valence-corrected chi connectivity index (χ0v) is 11.3. The maximum atomic E-state index is 6.21. The molecular formula is C14H27Cl. The van der Waals surface area contributed by atoms with Crippen LogP contribution in [0.3, 0.4) is 0 Å². The maximum absolute atomic E-state index is 6.21. The van der Waals surface area contributed by atoms with E-state index >= 15 is 0 Å². The summed E-state index contributed by atoms with van der Waals surface area (Å²) in [5.74, 6) is 0. The molecule has 0 radical (unpaired) electrons. The molecule has 0 aromatic rings. The van der Waals surface area contributed by atoms with Crippen molar-refractivity contribution in [3.8, 4) is 0 Å². The highest BCUT2D eigenvalue weighted by atomic mass is 35.5. The van der Waals surface area contributed by atoms with Crippen molar-refractivity contribution >= 4 is 11.6 Å². The molecule has 0 saturated heterocycles. The molecular weight excluding hydrogens is 204 g/mol. The topological polar surface area (TPSA) is 0 Å². The fourth-order valence-electron chi connectivity index (χ4n) is 2.92. The van der Waals surface area contributed by atoms with Crippen LogP contribution in [0, 0.1) is 5.41 Å². The molecule has 1 fully saturated rings. The Balaban J connectivity index is 2.44. The molecule has 1 saturated carbocycles. The summed E-state index contributed by atoms with van der Waals surface area (Å²) in [6.07, 6.45) is 13.7. The Kier molecular flexibility index (Phi) is 6.04. The normalized spacial score (nSPS) is 21.8. The number of hydrogen-bond acceptors (Lipinski definition) is 0. The van der Waals surface area contributed by atoms with Gasteiger partial charge in [-0.05, 0) is 43.9 Å². The van der Waals surface area contributed by atoms with Crippen LogP contribution in [0.1, 0.15) is 78.1 Å². The SMILES string of the molecule is CCCCC1(CCCC)CCC(Cl)CC1. The van der Waals surface area contributed by atoms with Gasteiger partial charge in [-0.1, -0.05) is 39.5 Å². The molecule has 0 amide bonds. The first kappa shape index (κ1) is 13.4. The zero-order chi connectivity index (χ0) is 11.1. The maximum Gasteiger partial charge on any atom is 0.0336 e. The number of halogens is 1. The van der Waals surface area contributed by atoms with Gasteiger partial charge in [0.2, 0.25) is 0 Å². The quantitative estimate of drug-likeness (QED) is 0.526. The first-order valence-electron chi connectivity index (χ1n) is 6.86. The standard InChI is InChI=1S/C14H27Cl/c1-3-5-9-14(10-6-4-2)11-7-13(15)8-12-14/h13H,3-12H2,1-2H3. The molecule has 15 heavy (non-hydrogen) atoms. The molecule has 0 aliphatic heterocycles. The Labute approximate surface area is 101 Å². The predicted molar refractivity (Wildman–Crippen MR) is 69.6 cm³/mol. The zero-order valence-electron chi connectivity index (χ0n) is 10.5. The molecule has 0 spiro atoms. The van der Waals surface area contributed by atoms with Gasteiger partial charge in [-0.25, -0.2) is 0 Å². The summed E-state index contributed by atoms with van der Waals surface area (Å²) in [7, 11) is 0. The third-order valence-corrected chi connectivity index (χ3v) is 4.53. The minimum Gasteiger partial charge on any atom is -0.123 e. The van der Waals surface area contributed by atoms with Crippen molar-refractivity contribution in [3.05, 3.63) is 0 Å². The summed E-state index contributed by atoms with van der Waals surface area (Å²) in [6.45, 7) is 4.61. The van der Waals surface area contributed by atoms with Crippen LogP contribution in [0.2, 0.25) is 0 Å². The largest absolute Gasteiger partial charge is 0.123 e. The molecule has 0 atom stereocenters. The molecule has 0 aromatic carbocycles. The summed E-state index contributed by atoms with van der Waals surface area (Å²) in [5.41, 5.74) is 0.678. The second kappa shape index (κ2) is 6.78. The molecule has 0 aromatic heterocycles. The second-order valence-electron chi connectivity index (χ2n) is 5.38.